The summed E-state index contributed by atoms with van der Waals surface area (Å²) in [5.74, 6) is 1.28. The van der Waals surface area contributed by atoms with Gasteiger partial charge >= 0.3 is 8.69 Å². The first-order chi connectivity index (χ1) is 27.1. The second-order valence-corrected chi connectivity index (χ2v) is 14.9. The van der Waals surface area contributed by atoms with Crippen LogP contribution in [0.1, 0.15) is 60.5 Å². The number of benzene rings is 4. The van der Waals surface area contributed by atoms with Gasteiger partial charge in [-0.3, -0.25) is 9.36 Å². The molecule has 1 N–H and O–H groups in total. The zero-order chi connectivity index (χ0) is 39.3. The lowest BCUT2D eigenvalue weighted by atomic mass is 9.80. The molecule has 12 nitrogen and oxygen atoms in total. The van der Waals surface area contributed by atoms with Crippen molar-refractivity contribution in [2.45, 2.75) is 56.8 Å². The molecule has 4 aromatic carbocycles. The fourth-order valence-electron chi connectivity index (χ4n) is 6.68. The maximum atomic E-state index is 15.6. The molecule has 3 heterocycles. The Morgan fingerprint density at radius 3 is 2.02 bits per heavy atom. The van der Waals surface area contributed by atoms with Crippen molar-refractivity contribution in [3.8, 4) is 11.5 Å². The number of imidazole rings is 1. The molecular formula is C42H43FN5O7P. The van der Waals surface area contributed by atoms with Gasteiger partial charge in [0.2, 0.25) is 0 Å². The van der Waals surface area contributed by atoms with Gasteiger partial charge in [-0.25, -0.2) is 15.0 Å². The lowest BCUT2D eigenvalue weighted by Gasteiger charge is -2.37. The van der Waals surface area contributed by atoms with E-state index >= 15 is 4.20 Å². The number of amides is 1. The Bertz CT molecular complexity index is 2170. The van der Waals surface area contributed by atoms with Gasteiger partial charge in [0, 0.05) is 12.0 Å². The summed E-state index contributed by atoms with van der Waals surface area (Å²) in [6, 6.07) is 34.1. The molecule has 1 aliphatic heterocycles. The standard InChI is InChI=1S/C42H43FN5O7P/c1-41(2,3)55-56(43)54-34-24-36(48-27-46-37-38(44-26-45-39(37)48)47-40(49)28-12-8-6-9-13-28)53-35(34)25-52-42(29-14-10-7-11-15-29,30-16-20-32(50-4)21-17-30)31-18-22-33(51-5)23-19-31/h6-23,26-27,34-36H,24-25H2,1-5H3,(H,44,45,47,49)/t34-,35+,36+,56?/m0/s1. The summed E-state index contributed by atoms with van der Waals surface area (Å²) >= 11 is 0. The molecule has 7 rings (SSSR count). The van der Waals surface area contributed by atoms with E-state index in [1.807, 2.05) is 84.9 Å². The van der Waals surface area contributed by atoms with Crippen LogP contribution in [-0.4, -0.2) is 64.1 Å². The van der Waals surface area contributed by atoms with E-state index in [0.717, 1.165) is 16.7 Å². The van der Waals surface area contributed by atoms with Crippen LogP contribution in [0.4, 0.5) is 10.0 Å². The predicted molar refractivity (Wildman–Crippen MR) is 210 cm³/mol. The number of fused-ring (bicyclic) bond motifs is 1. The maximum absolute atomic E-state index is 15.6. The Labute approximate surface area is 326 Å². The number of carbonyl (C=O) groups is 1. The third-order valence-electron chi connectivity index (χ3n) is 9.32. The lowest BCUT2D eigenvalue weighted by Crippen LogP contribution is -2.38. The summed E-state index contributed by atoms with van der Waals surface area (Å²) in [5, 5.41) is 2.84. The first-order valence-electron chi connectivity index (χ1n) is 18.1. The third kappa shape index (κ3) is 8.42. The fourth-order valence-corrected chi connectivity index (χ4v) is 7.59. The van der Waals surface area contributed by atoms with Gasteiger partial charge in [0.05, 0.1) is 38.9 Å². The SMILES string of the molecule is COc1ccc(C(OC[C@H]2O[C@@H](n3cnc4c(NC(=O)c5ccccc5)ncnc43)C[C@@H]2OP(F)OC(C)(C)C)(c2ccccc2)c2ccc(OC)cc2)cc1. The second-order valence-electron chi connectivity index (χ2n) is 14.1. The van der Waals surface area contributed by atoms with Crippen LogP contribution in [0.5, 0.6) is 11.5 Å². The number of nitrogens with zero attached hydrogens (tertiary/aromatic N) is 4. The van der Waals surface area contributed by atoms with Crippen LogP contribution in [-0.2, 0) is 24.1 Å². The predicted octanol–water partition coefficient (Wildman–Crippen LogP) is 8.79. The molecule has 290 valence electrons. The van der Waals surface area contributed by atoms with Crippen LogP contribution in [0.25, 0.3) is 11.2 Å². The Morgan fingerprint density at radius 2 is 1.43 bits per heavy atom. The first kappa shape index (κ1) is 39.0. The number of ether oxygens (including phenoxy) is 4. The van der Waals surface area contributed by atoms with Crippen LogP contribution in [0, 0.1) is 0 Å². The largest absolute Gasteiger partial charge is 0.497 e. The summed E-state index contributed by atoms with van der Waals surface area (Å²) in [4.78, 5) is 26.4. The van der Waals surface area contributed by atoms with E-state index in [0.29, 0.717) is 28.2 Å². The first-order valence-corrected chi connectivity index (χ1v) is 19.1. The molecule has 4 atom stereocenters. The number of hydrogen-bond acceptors (Lipinski definition) is 10. The van der Waals surface area contributed by atoms with Gasteiger partial charge in [-0.05, 0) is 73.9 Å². The number of hydrogen-bond donors (Lipinski definition) is 1. The van der Waals surface area contributed by atoms with Crippen LogP contribution < -0.4 is 14.8 Å². The monoisotopic (exact) mass is 779 g/mol. The molecule has 0 radical (unpaired) electrons. The van der Waals surface area contributed by atoms with E-state index in [1.165, 1.54) is 6.33 Å². The topological polar surface area (TPSA) is 128 Å². The van der Waals surface area contributed by atoms with Crippen LogP contribution in [0.2, 0.25) is 0 Å². The van der Waals surface area contributed by atoms with E-state index in [-0.39, 0.29) is 24.8 Å². The number of rotatable bonds is 14. The highest BCUT2D eigenvalue weighted by Crippen LogP contribution is 2.49. The third-order valence-corrected chi connectivity index (χ3v) is 10.4. The molecule has 1 fully saturated rings. The molecule has 14 heteroatoms. The summed E-state index contributed by atoms with van der Waals surface area (Å²) in [5.41, 5.74) is 1.82. The van der Waals surface area contributed by atoms with Crippen molar-refractivity contribution in [2.24, 2.45) is 0 Å². The van der Waals surface area contributed by atoms with E-state index in [1.54, 1.807) is 70.2 Å². The van der Waals surface area contributed by atoms with Gasteiger partial charge < -0.3 is 33.3 Å². The van der Waals surface area contributed by atoms with E-state index < -0.39 is 38.3 Å². The average molecular weight is 780 g/mol. The number of carbonyl (C=O) groups excluding carboxylic acids is 1. The molecule has 6 aromatic rings. The Hall–Kier alpha value is -5.30. The summed E-state index contributed by atoms with van der Waals surface area (Å²) < 4.78 is 53.8. The van der Waals surface area contributed by atoms with E-state index in [4.69, 9.17) is 28.0 Å². The van der Waals surface area contributed by atoms with Gasteiger partial charge in [-0.2, -0.15) is 4.20 Å². The molecule has 0 aliphatic carbocycles. The molecule has 1 aliphatic rings. The summed E-state index contributed by atoms with van der Waals surface area (Å²) in [6.45, 7) is 5.28. The molecule has 0 saturated carbocycles. The zero-order valence-electron chi connectivity index (χ0n) is 31.7. The second kappa shape index (κ2) is 16.8. The van der Waals surface area contributed by atoms with Gasteiger partial charge in [-0.1, -0.05) is 72.8 Å². The Morgan fingerprint density at radius 1 is 0.839 bits per heavy atom. The van der Waals surface area contributed by atoms with Crippen LogP contribution in [0.3, 0.4) is 0 Å². The van der Waals surface area contributed by atoms with Crippen LogP contribution >= 0.6 is 8.69 Å². The summed E-state index contributed by atoms with van der Waals surface area (Å²) in [6.07, 6.45) is 0.859. The van der Waals surface area contributed by atoms with E-state index in [9.17, 15) is 4.79 Å². The Kier molecular flexibility index (Phi) is 11.7. The number of halogens is 1. The number of anilines is 1. The molecule has 1 unspecified atom stereocenters. The number of methoxy groups -OCH3 is 2. The van der Waals surface area contributed by atoms with Gasteiger partial charge in [0.25, 0.3) is 5.91 Å². The highest BCUT2D eigenvalue weighted by molar-refractivity contribution is 7.41. The van der Waals surface area contributed by atoms with E-state index in [2.05, 4.69) is 20.3 Å². The molecule has 1 amide bonds. The van der Waals surface area contributed by atoms with Crippen molar-refractivity contribution >= 4 is 31.6 Å². The smallest absolute Gasteiger partial charge is 0.375 e. The van der Waals surface area contributed by atoms with Crippen molar-refractivity contribution < 1.29 is 37.0 Å². The molecule has 56 heavy (non-hydrogen) atoms. The van der Waals surface area contributed by atoms with Crippen molar-refractivity contribution in [2.75, 3.05) is 26.1 Å². The van der Waals surface area contributed by atoms with Crippen LogP contribution in [0.15, 0.2) is 122 Å². The number of nitrogens with one attached hydrogen (secondary N) is 1. The van der Waals surface area contributed by atoms with Crippen molar-refractivity contribution in [3.05, 3.63) is 144 Å². The number of aromatic nitrogens is 4. The average Bonchev–Trinajstić information content (AvgIpc) is 3.83. The molecular weight excluding hydrogens is 736 g/mol. The van der Waals surface area contributed by atoms with Gasteiger partial charge in [0.1, 0.15) is 35.8 Å². The van der Waals surface area contributed by atoms with Crippen molar-refractivity contribution in [1.29, 1.82) is 0 Å². The normalized spacial score (nSPS) is 17.8. The van der Waals surface area contributed by atoms with Crippen molar-refractivity contribution in [1.82, 2.24) is 19.5 Å². The summed E-state index contributed by atoms with van der Waals surface area (Å²) in [7, 11) is 0.440. The van der Waals surface area contributed by atoms with Crippen molar-refractivity contribution in [3.63, 3.8) is 0 Å². The highest BCUT2D eigenvalue weighted by atomic mass is 31.2. The minimum atomic E-state index is -2.80. The molecule has 1 saturated heterocycles. The lowest BCUT2D eigenvalue weighted by molar-refractivity contribution is -0.0915. The Balaban J connectivity index is 1.24. The molecule has 0 spiro atoms. The molecule has 2 aromatic heterocycles. The minimum absolute atomic E-state index is 0.0210. The fraction of sp³-hybridized carbons (Fsp3) is 0.286. The zero-order valence-corrected chi connectivity index (χ0v) is 32.6. The highest BCUT2D eigenvalue weighted by Gasteiger charge is 2.44. The quantitative estimate of drug-likeness (QED) is 0.0847. The minimum Gasteiger partial charge on any atom is -0.497 e. The maximum Gasteiger partial charge on any atom is 0.375 e. The molecule has 0 bridgehead atoms. The van der Waals surface area contributed by atoms with Gasteiger partial charge in [0.15, 0.2) is 17.0 Å². The van der Waals surface area contributed by atoms with Gasteiger partial charge in [-0.15, -0.1) is 0 Å².